The molecule has 5 nitrogen and oxygen atoms in total. The first-order chi connectivity index (χ1) is 12.7. The van der Waals surface area contributed by atoms with Gasteiger partial charge < -0.3 is 5.11 Å². The fourth-order valence-electron chi connectivity index (χ4n) is 3.80. The van der Waals surface area contributed by atoms with Crippen molar-refractivity contribution in [3.63, 3.8) is 0 Å². The van der Waals surface area contributed by atoms with Gasteiger partial charge in [-0.15, -0.1) is 0 Å². The van der Waals surface area contributed by atoms with Crippen molar-refractivity contribution in [3.8, 4) is 0 Å². The molecular formula is C21H21N3O2. The van der Waals surface area contributed by atoms with E-state index in [1.165, 1.54) is 0 Å². The van der Waals surface area contributed by atoms with Crippen LogP contribution in [0.25, 0.3) is 10.9 Å². The van der Waals surface area contributed by atoms with Crippen LogP contribution in [0.15, 0.2) is 61.1 Å². The summed E-state index contributed by atoms with van der Waals surface area (Å²) in [6, 6.07) is 14.4. The van der Waals surface area contributed by atoms with E-state index >= 15 is 0 Å². The summed E-state index contributed by atoms with van der Waals surface area (Å²) in [7, 11) is 0. The molecule has 1 aliphatic heterocycles. The third kappa shape index (κ3) is 3.30. The second-order valence-electron chi connectivity index (χ2n) is 6.79. The second-order valence-corrected chi connectivity index (χ2v) is 6.79. The van der Waals surface area contributed by atoms with Crippen LogP contribution < -0.4 is 0 Å². The van der Waals surface area contributed by atoms with Crippen LogP contribution in [0.4, 0.5) is 0 Å². The van der Waals surface area contributed by atoms with Crippen LogP contribution in [0.2, 0.25) is 0 Å². The molecule has 2 aromatic heterocycles. The van der Waals surface area contributed by atoms with Crippen LogP contribution in [0.3, 0.4) is 0 Å². The maximum atomic E-state index is 11.3. The molecule has 1 aliphatic rings. The predicted molar refractivity (Wildman–Crippen MR) is 99.8 cm³/mol. The summed E-state index contributed by atoms with van der Waals surface area (Å²) in [5, 5.41) is 10.4. The van der Waals surface area contributed by atoms with Crippen molar-refractivity contribution in [2.24, 2.45) is 5.92 Å². The Hall–Kier alpha value is -2.79. The first-order valence-corrected chi connectivity index (χ1v) is 8.94. The van der Waals surface area contributed by atoms with E-state index in [-0.39, 0.29) is 12.0 Å². The minimum absolute atomic E-state index is 0.0600. The number of aromatic nitrogens is 2. The highest BCUT2D eigenvalue weighted by Crippen LogP contribution is 2.33. The number of hydrogen-bond donors (Lipinski definition) is 1. The van der Waals surface area contributed by atoms with Crippen molar-refractivity contribution in [1.29, 1.82) is 0 Å². The largest absolute Gasteiger partial charge is 0.481 e. The molecule has 3 aromatic rings. The first kappa shape index (κ1) is 16.7. The van der Waals surface area contributed by atoms with E-state index in [0.717, 1.165) is 35.1 Å². The number of aliphatic carboxylic acids is 1. The first-order valence-electron chi connectivity index (χ1n) is 8.94. The van der Waals surface area contributed by atoms with Gasteiger partial charge in [0.15, 0.2) is 0 Å². The number of nitrogens with zero attached hydrogens (tertiary/aromatic N) is 3. The van der Waals surface area contributed by atoms with Gasteiger partial charge >= 0.3 is 5.97 Å². The molecule has 5 heteroatoms. The highest BCUT2D eigenvalue weighted by Gasteiger charge is 2.30. The van der Waals surface area contributed by atoms with Crippen LogP contribution >= 0.6 is 0 Å². The number of hydrogen-bond acceptors (Lipinski definition) is 4. The van der Waals surface area contributed by atoms with Gasteiger partial charge in [-0.05, 0) is 61.3 Å². The smallest absolute Gasteiger partial charge is 0.306 e. The molecule has 0 bridgehead atoms. The van der Waals surface area contributed by atoms with E-state index in [4.69, 9.17) is 0 Å². The van der Waals surface area contributed by atoms with Crippen molar-refractivity contribution in [2.45, 2.75) is 18.9 Å². The van der Waals surface area contributed by atoms with Crippen LogP contribution in [0.1, 0.15) is 30.0 Å². The number of carboxylic acids is 1. The zero-order valence-electron chi connectivity index (χ0n) is 14.5. The van der Waals surface area contributed by atoms with Gasteiger partial charge in [0.05, 0.1) is 17.5 Å². The quantitative estimate of drug-likeness (QED) is 0.782. The molecule has 1 fully saturated rings. The van der Waals surface area contributed by atoms with Gasteiger partial charge in [-0.25, -0.2) is 0 Å². The number of rotatable bonds is 4. The van der Waals surface area contributed by atoms with E-state index in [9.17, 15) is 9.90 Å². The van der Waals surface area contributed by atoms with Gasteiger partial charge in [-0.3, -0.25) is 19.7 Å². The normalized spacial score (nSPS) is 17.2. The summed E-state index contributed by atoms with van der Waals surface area (Å²) in [5.74, 6) is -0.920. The van der Waals surface area contributed by atoms with Crippen molar-refractivity contribution in [2.75, 3.05) is 13.1 Å². The molecule has 1 N–H and O–H groups in total. The van der Waals surface area contributed by atoms with Crippen molar-refractivity contribution in [3.05, 3.63) is 72.2 Å². The molecule has 3 heterocycles. The van der Waals surface area contributed by atoms with Gasteiger partial charge in [0.1, 0.15) is 0 Å². The Balaban J connectivity index is 1.70. The summed E-state index contributed by atoms with van der Waals surface area (Å²) in [6.45, 7) is 1.52. The average molecular weight is 347 g/mol. The summed E-state index contributed by atoms with van der Waals surface area (Å²) >= 11 is 0. The number of carboxylic acid groups (broad SMARTS) is 1. The van der Waals surface area contributed by atoms with Gasteiger partial charge in [-0.2, -0.15) is 0 Å². The predicted octanol–water partition coefficient (Wildman–Crippen LogP) is 3.52. The average Bonchev–Trinajstić information content (AvgIpc) is 2.69. The number of pyridine rings is 2. The van der Waals surface area contributed by atoms with Crippen LogP contribution in [0.5, 0.6) is 0 Å². The van der Waals surface area contributed by atoms with E-state index in [2.05, 4.69) is 27.0 Å². The number of fused-ring (bicyclic) bond motifs is 1. The van der Waals surface area contributed by atoms with Crippen LogP contribution in [-0.4, -0.2) is 39.0 Å². The Morgan fingerprint density at radius 2 is 1.81 bits per heavy atom. The molecule has 0 saturated carbocycles. The maximum Gasteiger partial charge on any atom is 0.306 e. The zero-order valence-corrected chi connectivity index (χ0v) is 14.5. The van der Waals surface area contributed by atoms with E-state index in [1.807, 2.05) is 36.5 Å². The molecule has 0 radical (unpaired) electrons. The molecule has 0 aliphatic carbocycles. The highest BCUT2D eigenvalue weighted by molar-refractivity contribution is 5.79. The fraction of sp³-hybridized carbons (Fsp3) is 0.286. The lowest BCUT2D eigenvalue weighted by atomic mass is 9.92. The molecule has 1 unspecified atom stereocenters. The number of likely N-dealkylation sites (tertiary alicyclic amines) is 1. The van der Waals surface area contributed by atoms with Gasteiger partial charge in [-0.1, -0.05) is 18.2 Å². The third-order valence-corrected chi connectivity index (χ3v) is 5.19. The van der Waals surface area contributed by atoms with Crippen molar-refractivity contribution in [1.82, 2.24) is 14.9 Å². The number of benzene rings is 1. The molecule has 1 saturated heterocycles. The molecule has 26 heavy (non-hydrogen) atoms. The number of piperidine rings is 1. The maximum absolute atomic E-state index is 11.3. The summed E-state index contributed by atoms with van der Waals surface area (Å²) in [4.78, 5) is 22.4. The van der Waals surface area contributed by atoms with Crippen LogP contribution in [-0.2, 0) is 4.79 Å². The summed E-state index contributed by atoms with van der Waals surface area (Å²) in [6.07, 6.45) is 6.91. The topological polar surface area (TPSA) is 66.3 Å². The molecule has 4 rings (SSSR count). The van der Waals surface area contributed by atoms with Gasteiger partial charge in [0, 0.05) is 24.0 Å². The van der Waals surface area contributed by atoms with Gasteiger partial charge in [0.2, 0.25) is 0 Å². The zero-order chi connectivity index (χ0) is 17.9. The Morgan fingerprint density at radius 3 is 2.54 bits per heavy atom. The second kappa shape index (κ2) is 7.22. The SMILES string of the molecule is O=C(O)C1CCN(C(c2ccncc2)c2cnc3ccccc3c2)CC1. The molecule has 1 aromatic carbocycles. The van der Waals surface area contributed by atoms with E-state index in [0.29, 0.717) is 12.8 Å². The Kier molecular flexibility index (Phi) is 4.63. The number of para-hydroxylation sites is 1. The minimum Gasteiger partial charge on any atom is -0.481 e. The lowest BCUT2D eigenvalue weighted by Gasteiger charge is -2.37. The van der Waals surface area contributed by atoms with E-state index < -0.39 is 5.97 Å². The monoisotopic (exact) mass is 347 g/mol. The van der Waals surface area contributed by atoms with Crippen molar-refractivity contribution < 1.29 is 9.90 Å². The lowest BCUT2D eigenvalue weighted by Crippen LogP contribution is -2.39. The van der Waals surface area contributed by atoms with Gasteiger partial charge in [0.25, 0.3) is 0 Å². The highest BCUT2D eigenvalue weighted by atomic mass is 16.4. The molecule has 132 valence electrons. The molecule has 1 atom stereocenters. The van der Waals surface area contributed by atoms with Crippen molar-refractivity contribution >= 4 is 16.9 Å². The Morgan fingerprint density at radius 1 is 1.08 bits per heavy atom. The minimum atomic E-state index is -0.683. The third-order valence-electron chi connectivity index (χ3n) is 5.19. The lowest BCUT2D eigenvalue weighted by molar-refractivity contribution is -0.143. The molecular weight excluding hydrogens is 326 g/mol. The fourth-order valence-corrected chi connectivity index (χ4v) is 3.80. The molecule has 0 spiro atoms. The Bertz CT molecular complexity index is 905. The standard InChI is InChI=1S/C21H21N3O2/c25-21(26)16-7-11-24(12-8-16)20(15-5-9-22-10-6-15)18-13-17-3-1-2-4-19(17)23-14-18/h1-6,9-10,13-14,16,20H,7-8,11-12H2,(H,25,26). The molecule has 0 amide bonds. The summed E-state index contributed by atoms with van der Waals surface area (Å²) in [5.41, 5.74) is 3.27. The Labute approximate surface area is 152 Å². The van der Waals surface area contributed by atoms with Crippen LogP contribution in [0, 0.1) is 5.92 Å². The number of carbonyl (C=O) groups is 1. The van der Waals surface area contributed by atoms with E-state index in [1.54, 1.807) is 12.4 Å². The summed E-state index contributed by atoms with van der Waals surface area (Å²) < 4.78 is 0.